The van der Waals surface area contributed by atoms with Crippen LogP contribution in [0, 0.1) is 11.3 Å². The van der Waals surface area contributed by atoms with E-state index in [0.717, 1.165) is 5.69 Å². The van der Waals surface area contributed by atoms with Gasteiger partial charge in [0.2, 0.25) is 5.91 Å². The van der Waals surface area contributed by atoms with Gasteiger partial charge in [-0.1, -0.05) is 18.2 Å². The van der Waals surface area contributed by atoms with E-state index in [1.54, 1.807) is 0 Å². The summed E-state index contributed by atoms with van der Waals surface area (Å²) < 4.78 is 0. The molecular weight excluding hydrogens is 178 g/mol. The zero-order chi connectivity index (χ0) is 10.2. The van der Waals surface area contributed by atoms with Crippen LogP contribution >= 0.6 is 0 Å². The van der Waals surface area contributed by atoms with Crippen LogP contribution in [-0.4, -0.2) is 19.0 Å². The van der Waals surface area contributed by atoms with Crippen molar-refractivity contribution in [3.8, 4) is 6.07 Å². The topological polar surface area (TPSA) is 64.9 Å². The summed E-state index contributed by atoms with van der Waals surface area (Å²) in [5.74, 6) is -0.185. The predicted octanol–water partition coefficient (Wildman–Crippen LogP) is 0.738. The van der Waals surface area contributed by atoms with Crippen molar-refractivity contribution in [3.05, 3.63) is 30.3 Å². The summed E-state index contributed by atoms with van der Waals surface area (Å²) in [6.07, 6.45) is 0. The summed E-state index contributed by atoms with van der Waals surface area (Å²) in [4.78, 5) is 11.1. The standard InChI is InChI=1S/C10H11N3O/c11-6-7-12-10(14)8-13-9-4-2-1-3-5-9/h1-5,13H,7-8H2,(H,12,14). The smallest absolute Gasteiger partial charge is 0.240 e. The Morgan fingerprint density at radius 2 is 2.07 bits per heavy atom. The summed E-state index contributed by atoms with van der Waals surface area (Å²) in [6.45, 7) is 0.237. The molecule has 0 saturated carbocycles. The third-order valence-corrected chi connectivity index (χ3v) is 1.59. The number of para-hydroxylation sites is 1. The molecule has 0 aromatic heterocycles. The number of nitrogens with zero attached hydrogens (tertiary/aromatic N) is 1. The van der Waals surface area contributed by atoms with Crippen LogP contribution < -0.4 is 10.6 Å². The number of rotatable bonds is 4. The van der Waals surface area contributed by atoms with Gasteiger partial charge in [0.15, 0.2) is 0 Å². The molecule has 1 aromatic rings. The number of benzene rings is 1. The van der Waals surface area contributed by atoms with Gasteiger partial charge in [0.25, 0.3) is 0 Å². The summed E-state index contributed by atoms with van der Waals surface area (Å²) in [7, 11) is 0. The fourth-order valence-electron chi connectivity index (χ4n) is 0.939. The minimum atomic E-state index is -0.185. The van der Waals surface area contributed by atoms with Gasteiger partial charge < -0.3 is 10.6 Å². The molecule has 0 aliphatic heterocycles. The average Bonchev–Trinajstić information content (AvgIpc) is 2.25. The second-order valence-electron chi connectivity index (χ2n) is 2.65. The Labute approximate surface area is 82.5 Å². The number of nitrogens with one attached hydrogen (secondary N) is 2. The molecule has 0 spiro atoms. The van der Waals surface area contributed by atoms with E-state index in [9.17, 15) is 4.79 Å². The number of nitriles is 1. The van der Waals surface area contributed by atoms with Gasteiger partial charge in [-0.25, -0.2) is 0 Å². The van der Waals surface area contributed by atoms with Crippen LogP contribution in [0.2, 0.25) is 0 Å². The third kappa shape index (κ3) is 3.59. The molecule has 0 aliphatic carbocycles. The van der Waals surface area contributed by atoms with Crippen molar-refractivity contribution in [2.45, 2.75) is 0 Å². The van der Waals surface area contributed by atoms with Gasteiger partial charge in [0, 0.05) is 5.69 Å². The molecule has 0 fully saturated rings. The first-order chi connectivity index (χ1) is 6.83. The molecule has 4 nitrogen and oxygen atoms in total. The van der Waals surface area contributed by atoms with Crippen LogP contribution in [0.15, 0.2) is 30.3 Å². The van der Waals surface area contributed by atoms with Crippen LogP contribution in [0.3, 0.4) is 0 Å². The highest BCUT2D eigenvalue weighted by Gasteiger charge is 1.98. The first-order valence-electron chi connectivity index (χ1n) is 4.25. The minimum absolute atomic E-state index is 0.0509. The molecule has 1 aromatic carbocycles. The molecule has 0 heterocycles. The monoisotopic (exact) mass is 189 g/mol. The zero-order valence-electron chi connectivity index (χ0n) is 7.66. The normalized spacial score (nSPS) is 8.79. The van der Waals surface area contributed by atoms with E-state index < -0.39 is 0 Å². The first kappa shape index (κ1) is 10.1. The van der Waals surface area contributed by atoms with Gasteiger partial charge in [0.1, 0.15) is 6.54 Å². The Morgan fingerprint density at radius 3 is 2.71 bits per heavy atom. The second kappa shape index (κ2) is 5.60. The van der Waals surface area contributed by atoms with E-state index in [1.807, 2.05) is 36.4 Å². The lowest BCUT2D eigenvalue weighted by Crippen LogP contribution is -2.29. The fourth-order valence-corrected chi connectivity index (χ4v) is 0.939. The molecular formula is C10H11N3O. The average molecular weight is 189 g/mol. The van der Waals surface area contributed by atoms with Gasteiger partial charge in [-0.15, -0.1) is 0 Å². The van der Waals surface area contributed by atoms with Crippen molar-refractivity contribution < 1.29 is 4.79 Å². The van der Waals surface area contributed by atoms with Gasteiger partial charge >= 0.3 is 0 Å². The van der Waals surface area contributed by atoms with E-state index in [4.69, 9.17) is 5.26 Å². The van der Waals surface area contributed by atoms with Crippen LogP contribution in [0.5, 0.6) is 0 Å². The van der Waals surface area contributed by atoms with E-state index in [2.05, 4.69) is 10.6 Å². The summed E-state index contributed by atoms with van der Waals surface area (Å²) in [6, 6.07) is 11.3. The maximum absolute atomic E-state index is 11.1. The number of carbonyl (C=O) groups is 1. The molecule has 0 bridgehead atoms. The van der Waals surface area contributed by atoms with Crippen molar-refractivity contribution in [2.75, 3.05) is 18.4 Å². The first-order valence-corrected chi connectivity index (χ1v) is 4.25. The Balaban J connectivity index is 2.28. The SMILES string of the molecule is N#CCNC(=O)CNc1ccccc1. The molecule has 0 saturated heterocycles. The van der Waals surface area contributed by atoms with Gasteiger partial charge in [-0.3, -0.25) is 4.79 Å². The van der Waals surface area contributed by atoms with Crippen molar-refractivity contribution in [1.29, 1.82) is 5.26 Å². The molecule has 1 amide bonds. The third-order valence-electron chi connectivity index (χ3n) is 1.59. The zero-order valence-corrected chi connectivity index (χ0v) is 7.66. The Hall–Kier alpha value is -2.02. The maximum Gasteiger partial charge on any atom is 0.240 e. The Kier molecular flexibility index (Phi) is 4.02. The quantitative estimate of drug-likeness (QED) is 0.686. The van der Waals surface area contributed by atoms with E-state index in [1.165, 1.54) is 0 Å². The fraction of sp³-hybridized carbons (Fsp3) is 0.200. The number of anilines is 1. The molecule has 0 atom stereocenters. The van der Waals surface area contributed by atoms with Gasteiger partial charge in [0.05, 0.1) is 12.6 Å². The summed E-state index contributed by atoms with van der Waals surface area (Å²) in [5.41, 5.74) is 0.889. The second-order valence-corrected chi connectivity index (χ2v) is 2.65. The molecule has 0 unspecified atom stereocenters. The lowest BCUT2D eigenvalue weighted by Gasteiger charge is -2.04. The molecule has 0 aliphatic rings. The summed E-state index contributed by atoms with van der Waals surface area (Å²) >= 11 is 0. The number of hydrogen-bond donors (Lipinski definition) is 2. The molecule has 1 rings (SSSR count). The van der Waals surface area contributed by atoms with Gasteiger partial charge in [-0.05, 0) is 12.1 Å². The van der Waals surface area contributed by atoms with Crippen LogP contribution in [-0.2, 0) is 4.79 Å². The molecule has 0 radical (unpaired) electrons. The van der Waals surface area contributed by atoms with E-state index in [0.29, 0.717) is 0 Å². The minimum Gasteiger partial charge on any atom is -0.376 e. The highest BCUT2D eigenvalue weighted by Crippen LogP contribution is 2.03. The highest BCUT2D eigenvalue weighted by atomic mass is 16.1. The maximum atomic E-state index is 11.1. The van der Waals surface area contributed by atoms with Crippen molar-refractivity contribution in [3.63, 3.8) is 0 Å². The van der Waals surface area contributed by atoms with Crippen LogP contribution in [0.1, 0.15) is 0 Å². The van der Waals surface area contributed by atoms with Gasteiger partial charge in [-0.2, -0.15) is 5.26 Å². The number of amides is 1. The molecule has 2 N–H and O–H groups in total. The number of hydrogen-bond acceptors (Lipinski definition) is 3. The molecule has 72 valence electrons. The van der Waals surface area contributed by atoms with Crippen molar-refractivity contribution >= 4 is 11.6 Å². The van der Waals surface area contributed by atoms with Crippen molar-refractivity contribution in [1.82, 2.24) is 5.32 Å². The predicted molar refractivity (Wildman–Crippen MR) is 53.6 cm³/mol. The lowest BCUT2D eigenvalue weighted by atomic mass is 10.3. The van der Waals surface area contributed by atoms with E-state index in [-0.39, 0.29) is 19.0 Å². The number of carbonyl (C=O) groups excluding carboxylic acids is 1. The Bertz CT molecular complexity index is 329. The largest absolute Gasteiger partial charge is 0.376 e. The lowest BCUT2D eigenvalue weighted by molar-refractivity contribution is -0.119. The van der Waals surface area contributed by atoms with Crippen LogP contribution in [0.4, 0.5) is 5.69 Å². The Morgan fingerprint density at radius 1 is 1.36 bits per heavy atom. The van der Waals surface area contributed by atoms with E-state index >= 15 is 0 Å². The molecule has 14 heavy (non-hydrogen) atoms. The van der Waals surface area contributed by atoms with Crippen molar-refractivity contribution in [2.24, 2.45) is 0 Å². The van der Waals surface area contributed by atoms with Crippen LogP contribution in [0.25, 0.3) is 0 Å². The molecule has 4 heteroatoms. The highest BCUT2D eigenvalue weighted by molar-refractivity contribution is 5.80. The summed E-state index contributed by atoms with van der Waals surface area (Å²) in [5, 5.41) is 13.6.